The average Bonchev–Trinajstić information content (AvgIpc) is 2.64. The molecule has 0 aromatic carbocycles. The molecule has 1 atom stereocenters. The molecule has 0 saturated heterocycles. The van der Waals surface area contributed by atoms with Crippen molar-refractivity contribution in [1.29, 1.82) is 0 Å². The Morgan fingerprint density at radius 3 is 2.88 bits per heavy atom. The van der Waals surface area contributed by atoms with Gasteiger partial charge in [0.25, 0.3) is 0 Å². The van der Waals surface area contributed by atoms with Gasteiger partial charge in [-0.15, -0.1) is 0 Å². The van der Waals surface area contributed by atoms with E-state index in [0.29, 0.717) is 11.4 Å². The van der Waals surface area contributed by atoms with Crippen molar-refractivity contribution in [2.75, 3.05) is 5.12 Å². The molecule has 84 valence electrons. The largest absolute Gasteiger partial charge is 0.476 e. The van der Waals surface area contributed by atoms with Crippen molar-refractivity contribution in [3.05, 3.63) is 23.5 Å². The molecular formula is C10H12N4O2. The Morgan fingerprint density at radius 2 is 2.31 bits per heavy atom. The summed E-state index contributed by atoms with van der Waals surface area (Å²) in [4.78, 5) is 15.0. The third kappa shape index (κ3) is 1.87. The fourth-order valence-corrected chi connectivity index (χ4v) is 1.44. The zero-order valence-corrected chi connectivity index (χ0v) is 9.01. The predicted octanol–water partition coefficient (Wildman–Crippen LogP) is 0.787. The van der Waals surface area contributed by atoms with Crippen molar-refractivity contribution in [3.8, 4) is 0 Å². The molecule has 0 aliphatic carbocycles. The van der Waals surface area contributed by atoms with Crippen LogP contribution in [0.1, 0.15) is 23.1 Å². The van der Waals surface area contributed by atoms with Crippen molar-refractivity contribution >= 4 is 17.9 Å². The first-order valence-corrected chi connectivity index (χ1v) is 4.89. The maximum atomic E-state index is 11.0. The first-order chi connectivity index (χ1) is 7.58. The lowest BCUT2D eigenvalue weighted by atomic mass is 10.2. The van der Waals surface area contributed by atoms with Crippen molar-refractivity contribution in [2.45, 2.75) is 19.9 Å². The van der Waals surface area contributed by atoms with Crippen LogP contribution in [0.4, 0.5) is 5.69 Å². The maximum absolute atomic E-state index is 11.0. The molecule has 1 aromatic rings. The van der Waals surface area contributed by atoms with Crippen LogP contribution in [0.5, 0.6) is 0 Å². The van der Waals surface area contributed by atoms with Gasteiger partial charge in [-0.1, -0.05) is 0 Å². The van der Waals surface area contributed by atoms with Crippen molar-refractivity contribution in [3.63, 3.8) is 0 Å². The number of nitrogens with one attached hydrogen (secondary N) is 1. The number of aromatic nitrogens is 1. The number of aromatic carboxylic acids is 1. The first-order valence-electron chi connectivity index (χ1n) is 4.89. The molecule has 0 spiro atoms. The molecule has 0 saturated carbocycles. The third-order valence-electron chi connectivity index (χ3n) is 2.18. The monoisotopic (exact) mass is 220 g/mol. The topological polar surface area (TPSA) is 77.8 Å². The Morgan fingerprint density at radius 1 is 1.56 bits per heavy atom. The van der Waals surface area contributed by atoms with Gasteiger partial charge in [-0.05, 0) is 26.0 Å². The number of carbonyl (C=O) groups is 1. The third-order valence-corrected chi connectivity index (χ3v) is 2.18. The number of hydrazine groups is 1. The van der Waals surface area contributed by atoms with Crippen molar-refractivity contribution in [2.24, 2.45) is 5.10 Å². The van der Waals surface area contributed by atoms with Crippen LogP contribution in [0.2, 0.25) is 0 Å². The molecule has 0 bridgehead atoms. The summed E-state index contributed by atoms with van der Waals surface area (Å²) in [6, 6.07) is 3.53. The summed E-state index contributed by atoms with van der Waals surface area (Å²) >= 11 is 0. The van der Waals surface area contributed by atoms with E-state index in [-0.39, 0.29) is 11.7 Å². The van der Waals surface area contributed by atoms with Crippen LogP contribution in [-0.2, 0) is 0 Å². The Hall–Kier alpha value is -1.95. The molecule has 2 N–H and O–H groups in total. The van der Waals surface area contributed by atoms with Crippen LogP contribution in [-0.4, -0.2) is 28.3 Å². The van der Waals surface area contributed by atoms with Crippen molar-refractivity contribution in [1.82, 2.24) is 10.4 Å². The number of rotatable bonds is 2. The molecule has 2 rings (SSSR count). The minimum atomic E-state index is -1.06. The second kappa shape index (κ2) is 3.90. The smallest absolute Gasteiger partial charge is 0.356 e. The standard InChI is InChI=1S/C10H12N4O2/c1-6-3-4-8(9(12-6)10(15)16)14-11-5-7(2)13-14/h3-5,7,13H,1-2H3,(H,15,16). The van der Waals surface area contributed by atoms with Gasteiger partial charge in [0.1, 0.15) is 5.69 Å². The zero-order valence-electron chi connectivity index (χ0n) is 9.01. The van der Waals surface area contributed by atoms with Crippen LogP contribution in [0.15, 0.2) is 17.2 Å². The van der Waals surface area contributed by atoms with E-state index in [0.717, 1.165) is 0 Å². The van der Waals surface area contributed by atoms with Gasteiger partial charge in [-0.2, -0.15) is 10.2 Å². The summed E-state index contributed by atoms with van der Waals surface area (Å²) < 4.78 is 0. The van der Waals surface area contributed by atoms with E-state index in [9.17, 15) is 4.79 Å². The molecule has 2 heterocycles. The first kappa shape index (κ1) is 10.6. The number of aryl methyl sites for hydroxylation is 1. The quantitative estimate of drug-likeness (QED) is 0.770. The van der Waals surface area contributed by atoms with E-state index in [1.807, 2.05) is 6.92 Å². The Bertz CT molecular complexity index is 458. The molecule has 0 radical (unpaired) electrons. The Balaban J connectivity index is 2.40. The fourth-order valence-electron chi connectivity index (χ4n) is 1.44. The number of hydrogen-bond acceptors (Lipinski definition) is 5. The van der Waals surface area contributed by atoms with Gasteiger partial charge >= 0.3 is 5.97 Å². The molecular weight excluding hydrogens is 208 g/mol. The minimum absolute atomic E-state index is 0.00116. The molecule has 1 aromatic heterocycles. The summed E-state index contributed by atoms with van der Waals surface area (Å²) in [5, 5.41) is 14.5. The second-order valence-electron chi connectivity index (χ2n) is 3.62. The number of carboxylic acids is 1. The van der Waals surface area contributed by atoms with E-state index < -0.39 is 5.97 Å². The van der Waals surface area contributed by atoms with E-state index in [1.165, 1.54) is 5.12 Å². The number of nitrogens with zero attached hydrogens (tertiary/aromatic N) is 3. The number of carboxylic acid groups (broad SMARTS) is 1. The van der Waals surface area contributed by atoms with Crippen molar-refractivity contribution < 1.29 is 9.90 Å². The van der Waals surface area contributed by atoms with E-state index >= 15 is 0 Å². The van der Waals surface area contributed by atoms with Crippen LogP contribution in [0.25, 0.3) is 0 Å². The molecule has 6 nitrogen and oxygen atoms in total. The Kier molecular flexibility index (Phi) is 2.57. The van der Waals surface area contributed by atoms with Gasteiger partial charge in [-0.3, -0.25) is 0 Å². The number of anilines is 1. The van der Waals surface area contributed by atoms with Crippen LogP contribution >= 0.6 is 0 Å². The van der Waals surface area contributed by atoms with E-state index in [4.69, 9.17) is 5.11 Å². The molecule has 1 unspecified atom stereocenters. The molecule has 1 aliphatic heterocycles. The lowest BCUT2D eigenvalue weighted by Gasteiger charge is -2.17. The van der Waals surface area contributed by atoms with Gasteiger partial charge in [0.15, 0.2) is 5.69 Å². The molecule has 16 heavy (non-hydrogen) atoms. The average molecular weight is 220 g/mol. The zero-order chi connectivity index (χ0) is 11.7. The van der Waals surface area contributed by atoms with Gasteiger partial charge < -0.3 is 5.11 Å². The summed E-state index contributed by atoms with van der Waals surface area (Å²) in [5.41, 5.74) is 4.10. The van der Waals surface area contributed by atoms with Crippen LogP contribution in [0.3, 0.4) is 0 Å². The Labute approximate surface area is 92.6 Å². The van der Waals surface area contributed by atoms with Gasteiger partial charge in [-0.25, -0.2) is 15.2 Å². The van der Waals surface area contributed by atoms with Gasteiger partial charge in [0, 0.05) is 11.9 Å². The van der Waals surface area contributed by atoms with Crippen LogP contribution < -0.4 is 10.5 Å². The number of hydrazone groups is 1. The van der Waals surface area contributed by atoms with Gasteiger partial charge in [0.05, 0.1) is 6.04 Å². The highest BCUT2D eigenvalue weighted by Crippen LogP contribution is 2.20. The van der Waals surface area contributed by atoms with E-state index in [2.05, 4.69) is 15.5 Å². The number of pyridine rings is 1. The summed E-state index contributed by atoms with van der Waals surface area (Å²) in [6.45, 7) is 3.67. The lowest BCUT2D eigenvalue weighted by molar-refractivity contribution is 0.0691. The summed E-state index contributed by atoms with van der Waals surface area (Å²) in [5.74, 6) is -1.06. The molecule has 0 fully saturated rings. The summed E-state index contributed by atoms with van der Waals surface area (Å²) in [7, 11) is 0. The second-order valence-corrected chi connectivity index (χ2v) is 3.62. The van der Waals surface area contributed by atoms with Crippen LogP contribution in [0, 0.1) is 6.92 Å². The SMILES string of the molecule is Cc1ccc(N2N=CC(C)N2)c(C(=O)O)n1. The van der Waals surface area contributed by atoms with Gasteiger partial charge in [0.2, 0.25) is 0 Å². The molecule has 1 aliphatic rings. The molecule has 6 heteroatoms. The highest BCUT2D eigenvalue weighted by Gasteiger charge is 2.21. The fraction of sp³-hybridized carbons (Fsp3) is 0.300. The highest BCUT2D eigenvalue weighted by atomic mass is 16.4. The predicted molar refractivity (Wildman–Crippen MR) is 59.5 cm³/mol. The lowest BCUT2D eigenvalue weighted by Crippen LogP contribution is -2.35. The number of hydrogen-bond donors (Lipinski definition) is 2. The minimum Gasteiger partial charge on any atom is -0.476 e. The van der Waals surface area contributed by atoms with E-state index in [1.54, 1.807) is 25.3 Å². The highest BCUT2D eigenvalue weighted by molar-refractivity contribution is 5.92. The molecule has 0 amide bonds. The normalized spacial score (nSPS) is 19.1. The summed E-state index contributed by atoms with van der Waals surface area (Å²) in [6.07, 6.45) is 1.70. The maximum Gasteiger partial charge on any atom is 0.356 e.